The van der Waals surface area contributed by atoms with Gasteiger partial charge in [-0.2, -0.15) is 8.42 Å². The molecule has 66 valence electrons. The molecule has 0 aliphatic carbocycles. The van der Waals surface area contributed by atoms with Crippen molar-refractivity contribution in [2.45, 2.75) is 0 Å². The topological polar surface area (TPSA) is 84.0 Å². The van der Waals surface area contributed by atoms with Crippen LogP contribution in [0.5, 0.6) is 0 Å². The van der Waals surface area contributed by atoms with Gasteiger partial charge in [0.05, 0.1) is 0 Å². The van der Waals surface area contributed by atoms with Crippen molar-refractivity contribution in [3.05, 3.63) is 24.5 Å². The Balaban J connectivity index is 2.52. The highest BCUT2D eigenvalue weighted by atomic mass is 32.2. The minimum atomic E-state index is -4.35. The third kappa shape index (κ3) is 3.51. The van der Waals surface area contributed by atoms with Gasteiger partial charge in [-0.3, -0.25) is 8.53 Å². The van der Waals surface area contributed by atoms with E-state index in [0.29, 0.717) is 0 Å². The molecule has 0 saturated heterocycles. The summed E-state index contributed by atoms with van der Waals surface area (Å²) in [5.41, 5.74) is 0. The molecule has 0 spiro atoms. The van der Waals surface area contributed by atoms with Crippen LogP contribution in [0.1, 0.15) is 0 Å². The highest BCUT2D eigenvalue weighted by molar-refractivity contribution is 7.96. The predicted octanol–water partition coefficient (Wildman–Crippen LogP) is 1.15. The van der Waals surface area contributed by atoms with Gasteiger partial charge in [0.25, 0.3) is 0 Å². The Kier molecular flexibility index (Phi) is 2.84. The number of aromatic nitrogens is 1. The van der Waals surface area contributed by atoms with E-state index in [1.54, 1.807) is 24.5 Å². The molecule has 12 heavy (non-hydrogen) atoms. The first-order valence-electron chi connectivity index (χ1n) is 2.78. The van der Waals surface area contributed by atoms with Crippen molar-refractivity contribution in [3.63, 3.8) is 0 Å². The van der Waals surface area contributed by atoms with Crippen molar-refractivity contribution in [2.75, 3.05) is 0 Å². The van der Waals surface area contributed by atoms with Crippen LogP contribution in [-0.4, -0.2) is 16.9 Å². The average Bonchev–Trinajstić information content (AvgIpc) is 2.36. The first-order chi connectivity index (χ1) is 5.58. The van der Waals surface area contributed by atoms with Crippen molar-refractivity contribution in [3.8, 4) is 0 Å². The van der Waals surface area contributed by atoms with Crippen LogP contribution >= 0.6 is 12.1 Å². The molecule has 0 atom stereocenters. The van der Waals surface area contributed by atoms with Gasteiger partial charge in [-0.05, 0) is 16.7 Å². The maximum atomic E-state index is 10.0. The van der Waals surface area contributed by atoms with E-state index in [4.69, 9.17) is 4.55 Å². The molecule has 1 aromatic rings. The van der Waals surface area contributed by atoms with Crippen LogP contribution in [0.25, 0.3) is 0 Å². The number of hydrogen-bond acceptors (Lipinski definition) is 4. The largest absolute Gasteiger partial charge is 0.396 e. The molecular formula is C4H5N3O3S2. The van der Waals surface area contributed by atoms with Crippen molar-refractivity contribution >= 4 is 22.4 Å². The van der Waals surface area contributed by atoms with E-state index in [2.05, 4.69) is 9.04 Å². The molecule has 8 heteroatoms. The first kappa shape index (κ1) is 9.23. The second kappa shape index (κ2) is 3.70. The molecule has 0 unspecified atom stereocenters. The lowest BCUT2D eigenvalue weighted by atomic mass is 10.7. The fraction of sp³-hybridized carbons (Fsp3) is 0. The average molecular weight is 207 g/mol. The van der Waals surface area contributed by atoms with Crippen molar-refractivity contribution in [2.24, 2.45) is 9.04 Å². The molecule has 0 aliphatic heterocycles. The zero-order valence-electron chi connectivity index (χ0n) is 5.73. The molecule has 1 rings (SSSR count). The predicted molar refractivity (Wildman–Crippen MR) is 43.8 cm³/mol. The Morgan fingerprint density at radius 1 is 1.33 bits per heavy atom. The summed E-state index contributed by atoms with van der Waals surface area (Å²) in [4.78, 5) is 0. The van der Waals surface area contributed by atoms with E-state index in [-0.39, 0.29) is 0 Å². The van der Waals surface area contributed by atoms with Crippen molar-refractivity contribution in [1.29, 1.82) is 0 Å². The van der Waals surface area contributed by atoms with Gasteiger partial charge in [-0.15, -0.1) is 0 Å². The summed E-state index contributed by atoms with van der Waals surface area (Å²) in [6, 6.07) is 3.49. The summed E-state index contributed by atoms with van der Waals surface area (Å²) in [6.45, 7) is 0. The molecule has 1 heterocycles. The molecule has 1 aromatic heterocycles. The molecule has 0 fully saturated rings. The van der Waals surface area contributed by atoms with Crippen LogP contribution in [-0.2, 0) is 10.3 Å². The van der Waals surface area contributed by atoms with E-state index in [1.165, 1.54) is 3.97 Å². The van der Waals surface area contributed by atoms with Crippen molar-refractivity contribution < 1.29 is 13.0 Å². The van der Waals surface area contributed by atoms with Gasteiger partial charge in [-0.1, -0.05) is 4.52 Å². The number of rotatable bonds is 3. The fourth-order valence-corrected chi connectivity index (χ4v) is 1.26. The molecule has 0 saturated carbocycles. The van der Waals surface area contributed by atoms with E-state index < -0.39 is 10.3 Å². The summed E-state index contributed by atoms with van der Waals surface area (Å²) in [7, 11) is -4.35. The van der Waals surface area contributed by atoms with Crippen molar-refractivity contribution in [1.82, 2.24) is 3.97 Å². The van der Waals surface area contributed by atoms with Gasteiger partial charge in [0.2, 0.25) is 0 Å². The Morgan fingerprint density at radius 2 is 1.92 bits per heavy atom. The van der Waals surface area contributed by atoms with Gasteiger partial charge in [0.1, 0.15) is 12.1 Å². The van der Waals surface area contributed by atoms with Crippen LogP contribution < -0.4 is 0 Å². The number of nitrogens with zero attached hydrogens (tertiary/aromatic N) is 3. The molecule has 6 nitrogen and oxygen atoms in total. The lowest BCUT2D eigenvalue weighted by molar-refractivity contribution is 0.483. The summed E-state index contributed by atoms with van der Waals surface area (Å²) in [5, 5.41) is 0. The van der Waals surface area contributed by atoms with Crippen LogP contribution in [0.4, 0.5) is 0 Å². The lowest BCUT2D eigenvalue weighted by Gasteiger charge is -1.89. The second-order valence-electron chi connectivity index (χ2n) is 1.74. The molecule has 1 N–H and O–H groups in total. The molecule has 0 aromatic carbocycles. The van der Waals surface area contributed by atoms with Gasteiger partial charge in [0, 0.05) is 12.4 Å². The Hall–Kier alpha value is -0.860. The quantitative estimate of drug-likeness (QED) is 0.458. The standard InChI is InChI=1S/C4H5N3O3S2/c8-12(9,10)6-5-11-7-3-1-2-4-7/h1-4H,(H,8,9,10). The minimum absolute atomic E-state index is 0.790. The zero-order valence-corrected chi connectivity index (χ0v) is 7.36. The van der Waals surface area contributed by atoms with Gasteiger partial charge in [-0.25, -0.2) is 0 Å². The SMILES string of the molecule is O=S(=O)(O)N=NSn1cccc1. The third-order valence-corrected chi connectivity index (χ3v) is 1.82. The molecule has 0 aliphatic rings. The van der Waals surface area contributed by atoms with E-state index in [9.17, 15) is 8.42 Å². The zero-order chi connectivity index (χ0) is 9.03. The Morgan fingerprint density at radius 3 is 2.42 bits per heavy atom. The fourth-order valence-electron chi connectivity index (χ4n) is 0.472. The highest BCUT2D eigenvalue weighted by Crippen LogP contribution is 2.08. The highest BCUT2D eigenvalue weighted by Gasteiger charge is 1.97. The molecule has 0 bridgehead atoms. The first-order valence-corrected chi connectivity index (χ1v) is 4.91. The lowest BCUT2D eigenvalue weighted by Crippen LogP contribution is -1.88. The smallest absolute Gasteiger partial charge is 0.279 e. The molecule has 0 radical (unpaired) electrons. The summed E-state index contributed by atoms with van der Waals surface area (Å²) < 4.78 is 35.5. The maximum absolute atomic E-state index is 10.0. The third-order valence-electron chi connectivity index (χ3n) is 0.844. The maximum Gasteiger partial charge on any atom is 0.396 e. The Bertz CT molecular complexity index is 355. The normalized spacial score (nSPS) is 12.4. The second-order valence-corrected chi connectivity index (χ2v) is 3.54. The van der Waals surface area contributed by atoms with Crippen LogP contribution in [0.3, 0.4) is 0 Å². The molecular weight excluding hydrogens is 202 g/mol. The monoisotopic (exact) mass is 207 g/mol. The Labute approximate surface area is 73.5 Å². The summed E-state index contributed by atoms with van der Waals surface area (Å²) in [6.07, 6.45) is 3.32. The number of hydrogen-bond donors (Lipinski definition) is 1. The van der Waals surface area contributed by atoms with Crippen LogP contribution in [0, 0.1) is 0 Å². The minimum Gasteiger partial charge on any atom is -0.279 e. The van der Waals surface area contributed by atoms with Crippen LogP contribution in [0.15, 0.2) is 33.6 Å². The summed E-state index contributed by atoms with van der Waals surface area (Å²) in [5.74, 6) is 0. The molecule has 0 amide bonds. The van der Waals surface area contributed by atoms with Gasteiger partial charge in [0.15, 0.2) is 0 Å². The van der Waals surface area contributed by atoms with Gasteiger partial charge < -0.3 is 0 Å². The van der Waals surface area contributed by atoms with E-state index >= 15 is 0 Å². The van der Waals surface area contributed by atoms with Gasteiger partial charge >= 0.3 is 10.3 Å². The summed E-state index contributed by atoms with van der Waals surface area (Å²) >= 11 is 0.790. The van der Waals surface area contributed by atoms with E-state index in [1.807, 2.05) is 0 Å². The van der Waals surface area contributed by atoms with E-state index in [0.717, 1.165) is 12.1 Å². The van der Waals surface area contributed by atoms with Crippen LogP contribution in [0.2, 0.25) is 0 Å².